The number of hydrogen-bond donors (Lipinski definition) is 2. The standard InChI is InChI=1S/C13H18N2O3/c1-10(16)15-12-6-3-5-11(9-12)13(17)14-7-4-8-18-2/h3,5-6,9H,4,7-8H2,1-2H3,(H,14,17)(H,15,16). The van der Waals surface area contributed by atoms with E-state index in [9.17, 15) is 9.59 Å². The third-order valence-corrected chi connectivity index (χ3v) is 2.26. The minimum Gasteiger partial charge on any atom is -0.385 e. The van der Waals surface area contributed by atoms with Gasteiger partial charge in [-0.15, -0.1) is 0 Å². The first-order valence-electron chi connectivity index (χ1n) is 5.78. The minimum absolute atomic E-state index is 0.154. The number of carbonyl (C=O) groups is 2. The maximum atomic E-state index is 11.8. The molecule has 0 radical (unpaired) electrons. The Morgan fingerprint density at radius 1 is 1.33 bits per heavy atom. The van der Waals surface area contributed by atoms with Gasteiger partial charge in [-0.05, 0) is 24.6 Å². The summed E-state index contributed by atoms with van der Waals surface area (Å²) in [7, 11) is 1.62. The molecule has 0 atom stereocenters. The van der Waals surface area contributed by atoms with Crippen molar-refractivity contribution < 1.29 is 14.3 Å². The normalized spacial score (nSPS) is 9.89. The molecule has 0 spiro atoms. The van der Waals surface area contributed by atoms with Gasteiger partial charge in [-0.1, -0.05) is 6.07 Å². The Balaban J connectivity index is 2.54. The van der Waals surface area contributed by atoms with Crippen molar-refractivity contribution in [3.05, 3.63) is 29.8 Å². The Kier molecular flexibility index (Phi) is 5.87. The lowest BCUT2D eigenvalue weighted by molar-refractivity contribution is -0.114. The van der Waals surface area contributed by atoms with E-state index >= 15 is 0 Å². The van der Waals surface area contributed by atoms with Gasteiger partial charge in [-0.2, -0.15) is 0 Å². The highest BCUT2D eigenvalue weighted by Gasteiger charge is 2.05. The SMILES string of the molecule is COCCCNC(=O)c1cccc(NC(C)=O)c1. The highest BCUT2D eigenvalue weighted by atomic mass is 16.5. The number of amides is 2. The fourth-order valence-corrected chi connectivity index (χ4v) is 1.46. The zero-order valence-electron chi connectivity index (χ0n) is 10.7. The van der Waals surface area contributed by atoms with E-state index in [0.29, 0.717) is 24.4 Å². The molecule has 0 saturated heterocycles. The number of carbonyl (C=O) groups excluding carboxylic acids is 2. The fourth-order valence-electron chi connectivity index (χ4n) is 1.46. The predicted octanol–water partition coefficient (Wildman–Crippen LogP) is 1.41. The third kappa shape index (κ3) is 4.97. The van der Waals surface area contributed by atoms with E-state index < -0.39 is 0 Å². The number of benzene rings is 1. The van der Waals surface area contributed by atoms with Crippen LogP contribution in [0.1, 0.15) is 23.7 Å². The lowest BCUT2D eigenvalue weighted by Crippen LogP contribution is -2.25. The highest BCUT2D eigenvalue weighted by Crippen LogP contribution is 2.10. The second-order valence-corrected chi connectivity index (χ2v) is 3.86. The van der Waals surface area contributed by atoms with Crippen LogP contribution in [-0.4, -0.2) is 32.1 Å². The van der Waals surface area contributed by atoms with Gasteiger partial charge < -0.3 is 15.4 Å². The average Bonchev–Trinajstić information content (AvgIpc) is 2.34. The molecule has 2 N–H and O–H groups in total. The lowest BCUT2D eigenvalue weighted by Gasteiger charge is -2.07. The van der Waals surface area contributed by atoms with Crippen molar-refractivity contribution in [3.8, 4) is 0 Å². The first-order valence-corrected chi connectivity index (χ1v) is 5.78. The van der Waals surface area contributed by atoms with Crippen molar-refractivity contribution in [1.29, 1.82) is 0 Å². The molecule has 0 aliphatic carbocycles. The maximum absolute atomic E-state index is 11.8. The molecule has 5 nitrogen and oxygen atoms in total. The van der Waals surface area contributed by atoms with Gasteiger partial charge in [-0.25, -0.2) is 0 Å². The van der Waals surface area contributed by atoms with Crippen LogP contribution < -0.4 is 10.6 Å². The van der Waals surface area contributed by atoms with Crippen molar-refractivity contribution in [2.24, 2.45) is 0 Å². The van der Waals surface area contributed by atoms with Crippen LogP contribution >= 0.6 is 0 Å². The van der Waals surface area contributed by atoms with E-state index in [1.165, 1.54) is 6.92 Å². The molecule has 0 aliphatic rings. The lowest BCUT2D eigenvalue weighted by atomic mass is 10.2. The Labute approximate surface area is 107 Å². The summed E-state index contributed by atoms with van der Waals surface area (Å²) in [5.74, 6) is -0.314. The van der Waals surface area contributed by atoms with Crippen LogP contribution in [0.5, 0.6) is 0 Å². The summed E-state index contributed by atoms with van der Waals surface area (Å²) >= 11 is 0. The molecule has 1 rings (SSSR count). The van der Waals surface area contributed by atoms with E-state index in [2.05, 4.69) is 10.6 Å². The smallest absolute Gasteiger partial charge is 0.251 e. The van der Waals surface area contributed by atoms with E-state index in [1.807, 2.05) is 0 Å². The summed E-state index contributed by atoms with van der Waals surface area (Å²) in [5, 5.41) is 5.42. The average molecular weight is 250 g/mol. The number of ether oxygens (including phenoxy) is 1. The topological polar surface area (TPSA) is 67.4 Å². The molecule has 0 heterocycles. The van der Waals surface area contributed by atoms with Gasteiger partial charge in [0.2, 0.25) is 5.91 Å². The van der Waals surface area contributed by atoms with Crippen LogP contribution in [0.3, 0.4) is 0 Å². The van der Waals surface area contributed by atoms with Crippen LogP contribution in [0.15, 0.2) is 24.3 Å². The van der Waals surface area contributed by atoms with Crippen LogP contribution in [0.4, 0.5) is 5.69 Å². The summed E-state index contributed by atoms with van der Waals surface area (Å²) in [5.41, 5.74) is 1.14. The number of nitrogens with one attached hydrogen (secondary N) is 2. The van der Waals surface area contributed by atoms with E-state index in [4.69, 9.17) is 4.74 Å². The van der Waals surface area contributed by atoms with Crippen LogP contribution in [0.25, 0.3) is 0 Å². The summed E-state index contributed by atoms with van der Waals surface area (Å²) in [6, 6.07) is 6.82. The van der Waals surface area contributed by atoms with Crippen molar-refractivity contribution in [2.75, 3.05) is 25.6 Å². The molecule has 2 amide bonds. The Morgan fingerprint density at radius 3 is 2.78 bits per heavy atom. The molecule has 0 aromatic heterocycles. The number of rotatable bonds is 6. The van der Waals surface area contributed by atoms with Gasteiger partial charge in [-0.3, -0.25) is 9.59 Å². The highest BCUT2D eigenvalue weighted by molar-refractivity contribution is 5.96. The van der Waals surface area contributed by atoms with Crippen molar-refractivity contribution in [1.82, 2.24) is 5.32 Å². The van der Waals surface area contributed by atoms with Crippen molar-refractivity contribution >= 4 is 17.5 Å². The van der Waals surface area contributed by atoms with Crippen LogP contribution in [-0.2, 0) is 9.53 Å². The second-order valence-electron chi connectivity index (χ2n) is 3.86. The zero-order valence-corrected chi connectivity index (χ0v) is 10.7. The Morgan fingerprint density at radius 2 is 2.11 bits per heavy atom. The fraction of sp³-hybridized carbons (Fsp3) is 0.385. The Hall–Kier alpha value is -1.88. The predicted molar refractivity (Wildman–Crippen MR) is 69.6 cm³/mol. The van der Waals surface area contributed by atoms with Gasteiger partial charge in [0.25, 0.3) is 5.91 Å². The van der Waals surface area contributed by atoms with Crippen molar-refractivity contribution in [3.63, 3.8) is 0 Å². The third-order valence-electron chi connectivity index (χ3n) is 2.26. The minimum atomic E-state index is -0.160. The summed E-state index contributed by atoms with van der Waals surface area (Å²) < 4.78 is 4.89. The Bertz CT molecular complexity index is 418. The number of anilines is 1. The molecule has 1 aromatic carbocycles. The molecule has 0 fully saturated rings. The first-order chi connectivity index (χ1) is 8.63. The first kappa shape index (κ1) is 14.2. The molecule has 18 heavy (non-hydrogen) atoms. The number of methoxy groups -OCH3 is 1. The molecular weight excluding hydrogens is 232 g/mol. The van der Waals surface area contributed by atoms with Gasteiger partial charge in [0, 0.05) is 38.4 Å². The molecule has 1 aromatic rings. The quantitative estimate of drug-likeness (QED) is 0.750. The van der Waals surface area contributed by atoms with Gasteiger partial charge in [0.15, 0.2) is 0 Å². The van der Waals surface area contributed by atoms with Gasteiger partial charge in [0.1, 0.15) is 0 Å². The van der Waals surface area contributed by atoms with Crippen molar-refractivity contribution in [2.45, 2.75) is 13.3 Å². The second kappa shape index (κ2) is 7.45. The summed E-state index contributed by atoms with van der Waals surface area (Å²) in [6.07, 6.45) is 0.771. The van der Waals surface area contributed by atoms with E-state index in [-0.39, 0.29) is 11.8 Å². The molecule has 5 heteroatoms. The van der Waals surface area contributed by atoms with Gasteiger partial charge in [0.05, 0.1) is 0 Å². The molecule has 0 aliphatic heterocycles. The molecule has 98 valence electrons. The van der Waals surface area contributed by atoms with E-state index in [1.54, 1.807) is 31.4 Å². The zero-order chi connectivity index (χ0) is 13.4. The van der Waals surface area contributed by atoms with Crippen LogP contribution in [0.2, 0.25) is 0 Å². The van der Waals surface area contributed by atoms with Gasteiger partial charge >= 0.3 is 0 Å². The van der Waals surface area contributed by atoms with E-state index in [0.717, 1.165) is 6.42 Å². The summed E-state index contributed by atoms with van der Waals surface area (Å²) in [6.45, 7) is 2.61. The molecule has 0 bridgehead atoms. The molecule has 0 unspecified atom stereocenters. The molecule has 0 saturated carbocycles. The largest absolute Gasteiger partial charge is 0.385 e. The summed E-state index contributed by atoms with van der Waals surface area (Å²) in [4.78, 5) is 22.7. The monoisotopic (exact) mass is 250 g/mol. The number of hydrogen-bond acceptors (Lipinski definition) is 3. The molecular formula is C13H18N2O3. The van der Waals surface area contributed by atoms with Crippen LogP contribution in [0, 0.1) is 0 Å². The maximum Gasteiger partial charge on any atom is 0.251 e.